The van der Waals surface area contributed by atoms with Crippen LogP contribution in [0.4, 0.5) is 0 Å². The molecule has 1 saturated heterocycles. The highest BCUT2D eigenvalue weighted by Gasteiger charge is 2.35. The number of thioether (sulfide) groups is 1. The summed E-state index contributed by atoms with van der Waals surface area (Å²) in [4.78, 5) is 7.68. The highest BCUT2D eigenvalue weighted by molar-refractivity contribution is 8.13. The molecule has 4 heteroatoms. The van der Waals surface area contributed by atoms with Gasteiger partial charge in [-0.25, -0.2) is 0 Å². The van der Waals surface area contributed by atoms with Crippen LogP contribution >= 0.6 is 11.8 Å². The van der Waals surface area contributed by atoms with Gasteiger partial charge in [0, 0.05) is 30.9 Å². The number of nitrogens with one attached hydrogen (secondary N) is 1. The van der Waals surface area contributed by atoms with E-state index in [4.69, 9.17) is 4.99 Å². The Hall–Kier alpha value is -0.220. The summed E-state index contributed by atoms with van der Waals surface area (Å²) in [6.45, 7) is 2.55. The van der Waals surface area contributed by atoms with Crippen LogP contribution in [0.1, 0.15) is 44.9 Å². The van der Waals surface area contributed by atoms with Gasteiger partial charge >= 0.3 is 0 Å². The summed E-state index contributed by atoms with van der Waals surface area (Å²) in [5.74, 6) is 2.17. The van der Waals surface area contributed by atoms with E-state index in [0.29, 0.717) is 12.1 Å². The molecule has 2 aliphatic carbocycles. The molecule has 3 unspecified atom stereocenters. The van der Waals surface area contributed by atoms with Crippen molar-refractivity contribution in [1.82, 2.24) is 10.2 Å². The molecule has 4 rings (SSSR count). The van der Waals surface area contributed by atoms with Crippen LogP contribution in [0.2, 0.25) is 0 Å². The number of likely N-dealkylation sites (tertiary alicyclic amines) is 1. The van der Waals surface area contributed by atoms with Gasteiger partial charge < -0.3 is 5.32 Å². The summed E-state index contributed by atoms with van der Waals surface area (Å²) in [5.41, 5.74) is 0. The van der Waals surface area contributed by atoms with Crippen LogP contribution in [0.3, 0.4) is 0 Å². The summed E-state index contributed by atoms with van der Waals surface area (Å²) in [5, 5.41) is 4.99. The van der Waals surface area contributed by atoms with Crippen molar-refractivity contribution in [3.8, 4) is 0 Å². The predicted octanol–water partition coefficient (Wildman–Crippen LogP) is 2.47. The Labute approximate surface area is 120 Å². The molecule has 106 valence electrons. The molecule has 0 aromatic carbocycles. The van der Waals surface area contributed by atoms with E-state index in [1.165, 1.54) is 69.0 Å². The van der Waals surface area contributed by atoms with Gasteiger partial charge in [0.25, 0.3) is 0 Å². The second kappa shape index (κ2) is 5.28. The van der Waals surface area contributed by atoms with Crippen LogP contribution < -0.4 is 5.32 Å². The third-order valence-corrected chi connectivity index (χ3v) is 6.29. The summed E-state index contributed by atoms with van der Waals surface area (Å²) < 4.78 is 0. The molecule has 4 aliphatic rings. The first-order valence-corrected chi connectivity index (χ1v) is 9.08. The molecule has 19 heavy (non-hydrogen) atoms. The number of fused-ring (bicyclic) bond motifs is 1. The Morgan fingerprint density at radius 1 is 1.11 bits per heavy atom. The topological polar surface area (TPSA) is 27.6 Å². The average molecular weight is 279 g/mol. The Balaban J connectivity index is 1.33. The van der Waals surface area contributed by atoms with E-state index in [9.17, 15) is 0 Å². The van der Waals surface area contributed by atoms with Crippen LogP contribution in [0, 0.1) is 5.92 Å². The molecule has 2 saturated carbocycles. The molecule has 0 bridgehead atoms. The minimum absolute atomic E-state index is 0.637. The summed E-state index contributed by atoms with van der Waals surface area (Å²) in [7, 11) is 0. The van der Waals surface area contributed by atoms with E-state index in [-0.39, 0.29) is 0 Å². The van der Waals surface area contributed by atoms with E-state index < -0.39 is 0 Å². The smallest absolute Gasteiger partial charge is 0.157 e. The van der Waals surface area contributed by atoms with Crippen molar-refractivity contribution in [3.05, 3.63) is 0 Å². The van der Waals surface area contributed by atoms with E-state index in [1.807, 2.05) is 11.8 Å². The zero-order chi connectivity index (χ0) is 12.7. The van der Waals surface area contributed by atoms with Gasteiger partial charge in [-0.05, 0) is 38.0 Å². The second-order valence-electron chi connectivity index (χ2n) is 6.71. The van der Waals surface area contributed by atoms with E-state index >= 15 is 0 Å². The number of hydrogen-bond donors (Lipinski definition) is 1. The van der Waals surface area contributed by atoms with Gasteiger partial charge in [-0.2, -0.15) is 0 Å². The van der Waals surface area contributed by atoms with E-state index in [0.717, 1.165) is 12.0 Å². The zero-order valence-corrected chi connectivity index (χ0v) is 12.5. The Kier molecular flexibility index (Phi) is 3.48. The number of amidine groups is 1. The van der Waals surface area contributed by atoms with Crippen molar-refractivity contribution in [2.45, 2.75) is 63.1 Å². The minimum Gasteiger partial charge on any atom is -0.361 e. The SMILES string of the molecule is C1CCC2N=C(NC3CCN(C4CC4)C3)SCC2C1. The third-order valence-electron chi connectivity index (χ3n) is 5.20. The lowest BCUT2D eigenvalue weighted by atomic mass is 9.86. The average Bonchev–Trinajstić information content (AvgIpc) is 3.20. The highest BCUT2D eigenvalue weighted by Crippen LogP contribution is 2.34. The quantitative estimate of drug-likeness (QED) is 0.841. The number of aliphatic imine (C=N–C) groups is 1. The summed E-state index contributed by atoms with van der Waals surface area (Å²) >= 11 is 1.98. The lowest BCUT2D eigenvalue weighted by Gasteiger charge is -2.33. The van der Waals surface area contributed by atoms with Crippen molar-refractivity contribution in [3.63, 3.8) is 0 Å². The molecular weight excluding hydrogens is 254 g/mol. The van der Waals surface area contributed by atoms with Crippen molar-refractivity contribution < 1.29 is 0 Å². The van der Waals surface area contributed by atoms with Crippen molar-refractivity contribution >= 4 is 16.9 Å². The van der Waals surface area contributed by atoms with Gasteiger partial charge in [0.1, 0.15) is 0 Å². The molecule has 0 aromatic rings. The standard InChI is InChI=1S/C15H25N3S/c1-2-4-14-11(3-1)10-19-15(17-14)16-12-7-8-18(9-12)13-5-6-13/h11-14H,1-10H2,(H,16,17). The molecular formula is C15H25N3S. The van der Waals surface area contributed by atoms with Crippen molar-refractivity contribution in [2.24, 2.45) is 10.9 Å². The fraction of sp³-hybridized carbons (Fsp3) is 0.933. The minimum atomic E-state index is 0.637. The lowest BCUT2D eigenvalue weighted by Crippen LogP contribution is -2.40. The van der Waals surface area contributed by atoms with Crippen molar-refractivity contribution in [1.29, 1.82) is 0 Å². The van der Waals surface area contributed by atoms with Crippen LogP contribution in [0.15, 0.2) is 4.99 Å². The first-order chi connectivity index (χ1) is 9.38. The normalized spacial score (nSPS) is 39.8. The van der Waals surface area contributed by atoms with E-state index in [1.54, 1.807) is 0 Å². The molecule has 3 nitrogen and oxygen atoms in total. The van der Waals surface area contributed by atoms with Gasteiger partial charge in [0.2, 0.25) is 0 Å². The van der Waals surface area contributed by atoms with Gasteiger partial charge in [0.15, 0.2) is 5.17 Å². The fourth-order valence-electron chi connectivity index (χ4n) is 3.86. The molecule has 3 atom stereocenters. The summed E-state index contributed by atoms with van der Waals surface area (Å²) in [6, 6.07) is 2.22. The predicted molar refractivity (Wildman–Crippen MR) is 81.8 cm³/mol. The highest BCUT2D eigenvalue weighted by atomic mass is 32.2. The van der Waals surface area contributed by atoms with Crippen LogP contribution in [-0.4, -0.2) is 47.0 Å². The number of nitrogens with zero attached hydrogens (tertiary/aromatic N) is 2. The molecule has 3 fully saturated rings. The van der Waals surface area contributed by atoms with Gasteiger partial charge in [-0.15, -0.1) is 0 Å². The lowest BCUT2D eigenvalue weighted by molar-refractivity contribution is 0.321. The Bertz CT molecular complexity index is 366. The van der Waals surface area contributed by atoms with Crippen LogP contribution in [0.5, 0.6) is 0 Å². The molecule has 2 aliphatic heterocycles. The van der Waals surface area contributed by atoms with Crippen LogP contribution in [0.25, 0.3) is 0 Å². The maximum absolute atomic E-state index is 5.00. The van der Waals surface area contributed by atoms with Gasteiger partial charge in [-0.3, -0.25) is 9.89 Å². The molecule has 1 N–H and O–H groups in total. The largest absolute Gasteiger partial charge is 0.361 e. The molecule has 0 aromatic heterocycles. The number of rotatable bonds is 2. The second-order valence-corrected chi connectivity index (χ2v) is 7.72. The van der Waals surface area contributed by atoms with Crippen molar-refractivity contribution in [2.75, 3.05) is 18.8 Å². The molecule has 2 heterocycles. The summed E-state index contributed by atoms with van der Waals surface area (Å²) in [6.07, 6.45) is 9.74. The maximum atomic E-state index is 5.00. The van der Waals surface area contributed by atoms with Gasteiger partial charge in [-0.1, -0.05) is 24.6 Å². The Morgan fingerprint density at radius 2 is 2.00 bits per heavy atom. The first kappa shape index (κ1) is 12.5. The third kappa shape index (κ3) is 2.80. The molecule has 0 radical (unpaired) electrons. The zero-order valence-electron chi connectivity index (χ0n) is 11.7. The van der Waals surface area contributed by atoms with Gasteiger partial charge in [0.05, 0.1) is 6.04 Å². The first-order valence-electron chi connectivity index (χ1n) is 8.10. The van der Waals surface area contributed by atoms with E-state index in [2.05, 4.69) is 10.2 Å². The number of hydrogen-bond acceptors (Lipinski definition) is 4. The van der Waals surface area contributed by atoms with Crippen LogP contribution in [-0.2, 0) is 0 Å². The monoisotopic (exact) mass is 279 g/mol. The fourth-order valence-corrected chi connectivity index (χ4v) is 5.08. The molecule has 0 spiro atoms. The maximum Gasteiger partial charge on any atom is 0.157 e. The molecule has 0 amide bonds. The Morgan fingerprint density at radius 3 is 2.89 bits per heavy atom.